The van der Waals surface area contributed by atoms with E-state index in [1.807, 2.05) is 23.1 Å². The first-order valence-corrected chi connectivity index (χ1v) is 10.7. The van der Waals surface area contributed by atoms with E-state index in [1.54, 1.807) is 10.6 Å². The topological polar surface area (TPSA) is 87.2 Å². The Bertz CT molecular complexity index is 982. The molecule has 1 aliphatic rings. The van der Waals surface area contributed by atoms with Crippen LogP contribution < -0.4 is 10.9 Å². The number of amides is 2. The third kappa shape index (κ3) is 5.76. The van der Waals surface area contributed by atoms with Crippen molar-refractivity contribution < 1.29 is 9.59 Å². The van der Waals surface area contributed by atoms with Crippen LogP contribution in [-0.2, 0) is 16.1 Å². The number of aromatic nitrogens is 2. The molecule has 7 nitrogen and oxygen atoms in total. The quantitative estimate of drug-likeness (QED) is 0.461. The van der Waals surface area contributed by atoms with E-state index in [9.17, 15) is 14.4 Å². The molecule has 1 aromatic carbocycles. The molecular formula is C21H28N4O3S. The number of unbranched alkanes of at least 4 members (excludes halogenated alkanes) is 2. The molecule has 29 heavy (non-hydrogen) atoms. The van der Waals surface area contributed by atoms with Crippen molar-refractivity contribution in [3.8, 4) is 0 Å². The summed E-state index contributed by atoms with van der Waals surface area (Å²) in [6, 6.07) is 7.35. The smallest absolute Gasteiger partial charge is 0.262 e. The molecule has 1 aliphatic heterocycles. The van der Waals surface area contributed by atoms with Crippen molar-refractivity contribution >= 4 is 34.9 Å². The summed E-state index contributed by atoms with van der Waals surface area (Å²) < 4.78 is 2.03. The minimum Gasteiger partial charge on any atom is -0.356 e. The molecule has 0 saturated carbocycles. The summed E-state index contributed by atoms with van der Waals surface area (Å²) >= 11 is 5.31. The minimum absolute atomic E-state index is 0.0397. The summed E-state index contributed by atoms with van der Waals surface area (Å²) in [5, 5.41) is 3.55. The van der Waals surface area contributed by atoms with Gasteiger partial charge in [0.2, 0.25) is 11.8 Å². The molecule has 0 aliphatic carbocycles. The van der Waals surface area contributed by atoms with Gasteiger partial charge in [-0.25, -0.2) is 0 Å². The van der Waals surface area contributed by atoms with Crippen molar-refractivity contribution in [2.75, 3.05) is 19.6 Å². The molecule has 2 aromatic rings. The van der Waals surface area contributed by atoms with Gasteiger partial charge in [0.15, 0.2) is 4.77 Å². The second kappa shape index (κ2) is 10.3. The second-order valence-corrected chi connectivity index (χ2v) is 7.82. The number of rotatable bonds is 10. The van der Waals surface area contributed by atoms with Crippen LogP contribution in [0.3, 0.4) is 0 Å². The molecule has 0 unspecified atom stereocenters. The van der Waals surface area contributed by atoms with Gasteiger partial charge in [0.05, 0.1) is 10.9 Å². The van der Waals surface area contributed by atoms with Crippen molar-refractivity contribution in [1.82, 2.24) is 19.8 Å². The first-order valence-electron chi connectivity index (χ1n) is 10.3. The van der Waals surface area contributed by atoms with Crippen LogP contribution in [0.15, 0.2) is 29.1 Å². The second-order valence-electron chi connectivity index (χ2n) is 7.43. The number of fused-ring (bicyclic) bond motifs is 1. The summed E-state index contributed by atoms with van der Waals surface area (Å²) in [7, 11) is 0. The van der Waals surface area contributed by atoms with Gasteiger partial charge < -0.3 is 15.2 Å². The van der Waals surface area contributed by atoms with E-state index in [0.29, 0.717) is 36.1 Å². The van der Waals surface area contributed by atoms with Gasteiger partial charge >= 0.3 is 0 Å². The molecule has 0 bridgehead atoms. The average Bonchev–Trinajstić information content (AvgIpc) is 3.12. The third-order valence-corrected chi connectivity index (χ3v) is 5.60. The molecule has 1 fully saturated rings. The van der Waals surface area contributed by atoms with Crippen LogP contribution in [0.4, 0.5) is 0 Å². The monoisotopic (exact) mass is 416 g/mol. The van der Waals surface area contributed by atoms with E-state index in [-0.39, 0.29) is 17.4 Å². The number of hydrogen-bond donors (Lipinski definition) is 2. The first kappa shape index (κ1) is 21.2. The zero-order valence-electron chi connectivity index (χ0n) is 16.6. The standard InChI is InChI=1S/C21H28N4O3S/c26-18(22-12-7-14-24-13-6-11-19(24)27)10-2-1-5-15-25-20(28)16-8-3-4-9-17(16)23-21(25)29/h3-4,8-9H,1-2,5-7,10-15H2,(H,22,26)(H,23,29). The zero-order valence-corrected chi connectivity index (χ0v) is 17.4. The Balaban J connectivity index is 1.33. The molecule has 0 radical (unpaired) electrons. The maximum atomic E-state index is 12.6. The molecule has 1 aromatic heterocycles. The van der Waals surface area contributed by atoms with Gasteiger partial charge in [-0.05, 0) is 50.0 Å². The highest BCUT2D eigenvalue weighted by atomic mass is 32.1. The van der Waals surface area contributed by atoms with Crippen LogP contribution in [0.5, 0.6) is 0 Å². The summed E-state index contributed by atoms with van der Waals surface area (Å²) in [6.07, 6.45) is 5.28. The summed E-state index contributed by atoms with van der Waals surface area (Å²) in [4.78, 5) is 41.0. The third-order valence-electron chi connectivity index (χ3n) is 5.27. The lowest BCUT2D eigenvalue weighted by Gasteiger charge is -2.15. The van der Waals surface area contributed by atoms with Crippen LogP contribution in [0.2, 0.25) is 0 Å². The minimum atomic E-state index is -0.0708. The van der Waals surface area contributed by atoms with E-state index >= 15 is 0 Å². The number of carbonyl (C=O) groups is 2. The largest absolute Gasteiger partial charge is 0.356 e. The van der Waals surface area contributed by atoms with Gasteiger partial charge in [0, 0.05) is 39.0 Å². The number of H-pyrrole nitrogens is 1. The van der Waals surface area contributed by atoms with Crippen LogP contribution >= 0.6 is 12.2 Å². The molecule has 2 amide bonds. The Hall–Kier alpha value is -2.48. The van der Waals surface area contributed by atoms with Crippen molar-refractivity contribution in [3.63, 3.8) is 0 Å². The molecule has 3 rings (SSSR count). The predicted molar refractivity (Wildman–Crippen MR) is 115 cm³/mol. The van der Waals surface area contributed by atoms with E-state index in [4.69, 9.17) is 12.2 Å². The van der Waals surface area contributed by atoms with Gasteiger partial charge in [0.1, 0.15) is 0 Å². The summed E-state index contributed by atoms with van der Waals surface area (Å²) in [5.74, 6) is 0.264. The highest BCUT2D eigenvalue weighted by Crippen LogP contribution is 2.10. The first-order chi connectivity index (χ1) is 14.1. The van der Waals surface area contributed by atoms with E-state index < -0.39 is 0 Å². The summed E-state index contributed by atoms with van der Waals surface area (Å²) in [5.41, 5.74) is 0.683. The molecule has 0 spiro atoms. The maximum absolute atomic E-state index is 12.6. The molecule has 156 valence electrons. The number of nitrogens with one attached hydrogen (secondary N) is 2. The Morgan fingerprint density at radius 1 is 1.10 bits per heavy atom. The lowest BCUT2D eigenvalue weighted by molar-refractivity contribution is -0.127. The van der Waals surface area contributed by atoms with E-state index in [1.165, 1.54) is 0 Å². The predicted octanol–water partition coefficient (Wildman–Crippen LogP) is 2.75. The van der Waals surface area contributed by atoms with Crippen LogP contribution in [0.25, 0.3) is 10.9 Å². The average molecular weight is 417 g/mol. The number of carbonyl (C=O) groups excluding carboxylic acids is 2. The van der Waals surface area contributed by atoms with Crippen molar-refractivity contribution in [3.05, 3.63) is 39.4 Å². The lowest BCUT2D eigenvalue weighted by atomic mass is 10.2. The fraction of sp³-hybridized carbons (Fsp3) is 0.524. The normalized spacial score (nSPS) is 13.9. The number of para-hydroxylation sites is 1. The highest BCUT2D eigenvalue weighted by Gasteiger charge is 2.18. The number of aromatic amines is 1. The van der Waals surface area contributed by atoms with Gasteiger partial charge in [0.25, 0.3) is 5.56 Å². The van der Waals surface area contributed by atoms with Gasteiger partial charge in [-0.2, -0.15) is 0 Å². The molecular weight excluding hydrogens is 388 g/mol. The molecule has 1 saturated heterocycles. The molecule has 2 N–H and O–H groups in total. The SMILES string of the molecule is O=C(CCCCCn1c(=S)[nH]c2ccccc2c1=O)NCCCN1CCCC1=O. The number of nitrogens with zero attached hydrogens (tertiary/aromatic N) is 2. The van der Waals surface area contributed by atoms with E-state index in [2.05, 4.69) is 10.3 Å². The molecule has 0 atom stereocenters. The zero-order chi connectivity index (χ0) is 20.6. The van der Waals surface area contributed by atoms with Crippen molar-refractivity contribution in [2.24, 2.45) is 0 Å². The number of benzene rings is 1. The Morgan fingerprint density at radius 2 is 1.93 bits per heavy atom. The number of likely N-dealkylation sites (tertiary alicyclic amines) is 1. The molecule has 8 heteroatoms. The molecule has 2 heterocycles. The van der Waals surface area contributed by atoms with Crippen LogP contribution in [0.1, 0.15) is 44.9 Å². The lowest BCUT2D eigenvalue weighted by Crippen LogP contribution is -2.30. The van der Waals surface area contributed by atoms with Crippen LogP contribution in [-0.4, -0.2) is 45.9 Å². The van der Waals surface area contributed by atoms with E-state index in [0.717, 1.165) is 50.7 Å². The van der Waals surface area contributed by atoms with Gasteiger partial charge in [-0.15, -0.1) is 0 Å². The Morgan fingerprint density at radius 3 is 2.72 bits per heavy atom. The highest BCUT2D eigenvalue weighted by molar-refractivity contribution is 7.71. The number of hydrogen-bond acceptors (Lipinski definition) is 4. The van der Waals surface area contributed by atoms with Gasteiger partial charge in [-0.3, -0.25) is 19.0 Å². The van der Waals surface area contributed by atoms with Gasteiger partial charge in [-0.1, -0.05) is 18.6 Å². The Labute approximate surface area is 175 Å². The fourth-order valence-corrected chi connectivity index (χ4v) is 3.94. The van der Waals surface area contributed by atoms with Crippen molar-refractivity contribution in [2.45, 2.75) is 51.5 Å². The summed E-state index contributed by atoms with van der Waals surface area (Å²) in [6.45, 7) is 2.71. The van der Waals surface area contributed by atoms with Crippen molar-refractivity contribution in [1.29, 1.82) is 0 Å². The van der Waals surface area contributed by atoms with Crippen LogP contribution in [0, 0.1) is 4.77 Å². The Kier molecular flexibility index (Phi) is 7.57. The maximum Gasteiger partial charge on any atom is 0.262 e. The fourth-order valence-electron chi connectivity index (χ4n) is 3.66.